The zero-order valence-electron chi connectivity index (χ0n) is 8.52. The van der Waals surface area contributed by atoms with Crippen LogP contribution in [-0.4, -0.2) is 12.1 Å². The van der Waals surface area contributed by atoms with E-state index in [1.165, 1.54) is 31.8 Å². The van der Waals surface area contributed by atoms with E-state index < -0.39 is 0 Å². The largest absolute Gasteiger partial charge is 0.472 e. The Bertz CT molecular complexity index is 355. The highest BCUT2D eigenvalue weighted by Crippen LogP contribution is 2.46. The van der Waals surface area contributed by atoms with E-state index >= 15 is 0 Å². The summed E-state index contributed by atoms with van der Waals surface area (Å²) in [6.07, 6.45) is 7.97. The van der Waals surface area contributed by atoms with Gasteiger partial charge in [-0.3, -0.25) is 0 Å². The van der Waals surface area contributed by atoms with E-state index in [0.717, 1.165) is 12.3 Å². The molecule has 0 radical (unpaired) electrons. The van der Waals surface area contributed by atoms with E-state index in [1.807, 2.05) is 0 Å². The maximum absolute atomic E-state index is 11.7. The number of carbonyl (C=O) groups is 1. The first-order chi connectivity index (χ1) is 7.33. The predicted molar refractivity (Wildman–Crippen MR) is 53.4 cm³/mol. The molecule has 2 bridgehead atoms. The topological polar surface area (TPSA) is 39.4 Å². The summed E-state index contributed by atoms with van der Waals surface area (Å²) in [5.74, 6) is 1.18. The maximum atomic E-state index is 11.7. The van der Waals surface area contributed by atoms with Crippen LogP contribution >= 0.6 is 0 Å². The number of carbonyl (C=O) groups excluding carboxylic acids is 1. The van der Waals surface area contributed by atoms with Gasteiger partial charge in [-0.25, -0.2) is 4.79 Å². The molecule has 2 saturated carbocycles. The monoisotopic (exact) mass is 206 g/mol. The van der Waals surface area contributed by atoms with Crippen LogP contribution in [0.25, 0.3) is 0 Å². The molecule has 0 aliphatic heterocycles. The molecule has 3 atom stereocenters. The van der Waals surface area contributed by atoms with Crippen molar-refractivity contribution >= 4 is 5.97 Å². The van der Waals surface area contributed by atoms with Gasteiger partial charge in [-0.15, -0.1) is 0 Å². The molecule has 3 rings (SSSR count). The molecule has 3 unspecified atom stereocenters. The standard InChI is InChI=1S/C12H14O3/c13-12(10-3-4-14-7-10)15-11-6-8-1-2-9(11)5-8/h3-4,7-9,11H,1-2,5-6H2. The number of fused-ring (bicyclic) bond motifs is 2. The number of rotatable bonds is 2. The zero-order chi connectivity index (χ0) is 10.3. The molecule has 2 aliphatic rings. The van der Waals surface area contributed by atoms with E-state index in [0.29, 0.717) is 11.5 Å². The van der Waals surface area contributed by atoms with Crippen molar-refractivity contribution in [2.45, 2.75) is 31.8 Å². The zero-order valence-corrected chi connectivity index (χ0v) is 8.52. The van der Waals surface area contributed by atoms with E-state index in [1.54, 1.807) is 6.07 Å². The van der Waals surface area contributed by atoms with Gasteiger partial charge in [-0.1, -0.05) is 0 Å². The Morgan fingerprint density at radius 3 is 2.93 bits per heavy atom. The summed E-state index contributed by atoms with van der Waals surface area (Å²) in [6, 6.07) is 1.65. The summed E-state index contributed by atoms with van der Waals surface area (Å²) < 4.78 is 10.4. The highest BCUT2D eigenvalue weighted by molar-refractivity contribution is 5.89. The number of hydrogen-bond acceptors (Lipinski definition) is 3. The second-order valence-electron chi connectivity index (χ2n) is 4.63. The van der Waals surface area contributed by atoms with Crippen LogP contribution in [0.5, 0.6) is 0 Å². The number of esters is 1. The fourth-order valence-electron chi connectivity index (χ4n) is 2.92. The molecule has 3 heteroatoms. The SMILES string of the molecule is O=C(OC1CC2CCC1C2)c1ccoc1. The van der Waals surface area contributed by atoms with Crippen molar-refractivity contribution in [3.8, 4) is 0 Å². The maximum Gasteiger partial charge on any atom is 0.341 e. The van der Waals surface area contributed by atoms with Crippen molar-refractivity contribution in [1.29, 1.82) is 0 Å². The highest BCUT2D eigenvalue weighted by Gasteiger charge is 2.41. The van der Waals surface area contributed by atoms with Gasteiger partial charge in [0.2, 0.25) is 0 Å². The van der Waals surface area contributed by atoms with Crippen LogP contribution in [0.15, 0.2) is 23.0 Å². The molecule has 2 aliphatic carbocycles. The van der Waals surface area contributed by atoms with Gasteiger partial charge in [-0.05, 0) is 43.6 Å². The summed E-state index contributed by atoms with van der Waals surface area (Å²) in [4.78, 5) is 11.7. The number of ether oxygens (including phenoxy) is 1. The van der Waals surface area contributed by atoms with Crippen LogP contribution in [-0.2, 0) is 4.74 Å². The summed E-state index contributed by atoms with van der Waals surface area (Å²) >= 11 is 0. The van der Waals surface area contributed by atoms with E-state index in [9.17, 15) is 4.79 Å². The minimum atomic E-state index is -0.235. The quantitative estimate of drug-likeness (QED) is 0.698. The Balaban J connectivity index is 1.64. The van der Waals surface area contributed by atoms with Crippen LogP contribution in [0.2, 0.25) is 0 Å². The molecule has 1 heterocycles. The average molecular weight is 206 g/mol. The minimum Gasteiger partial charge on any atom is -0.472 e. The van der Waals surface area contributed by atoms with Gasteiger partial charge < -0.3 is 9.15 Å². The molecule has 1 aromatic heterocycles. The van der Waals surface area contributed by atoms with Gasteiger partial charge in [0.15, 0.2) is 0 Å². The minimum absolute atomic E-state index is 0.158. The molecule has 2 fully saturated rings. The molecule has 15 heavy (non-hydrogen) atoms. The van der Waals surface area contributed by atoms with Gasteiger partial charge in [0.05, 0.1) is 11.8 Å². The summed E-state index contributed by atoms with van der Waals surface area (Å²) in [6.45, 7) is 0. The van der Waals surface area contributed by atoms with Gasteiger partial charge in [0, 0.05) is 0 Å². The lowest BCUT2D eigenvalue weighted by Crippen LogP contribution is -2.23. The van der Waals surface area contributed by atoms with E-state index in [2.05, 4.69) is 0 Å². The summed E-state index contributed by atoms with van der Waals surface area (Å²) in [5.41, 5.74) is 0.526. The second kappa shape index (κ2) is 3.40. The van der Waals surface area contributed by atoms with Gasteiger partial charge >= 0.3 is 5.97 Å². The van der Waals surface area contributed by atoms with Crippen LogP contribution in [0, 0.1) is 11.8 Å². The van der Waals surface area contributed by atoms with Crippen molar-refractivity contribution in [1.82, 2.24) is 0 Å². The Kier molecular flexibility index (Phi) is 2.04. The molecule has 1 aromatic rings. The molecule has 80 valence electrons. The third-order valence-electron chi connectivity index (χ3n) is 3.69. The lowest BCUT2D eigenvalue weighted by atomic mass is 9.98. The lowest BCUT2D eigenvalue weighted by Gasteiger charge is -2.21. The third-order valence-corrected chi connectivity index (χ3v) is 3.69. The smallest absolute Gasteiger partial charge is 0.341 e. The van der Waals surface area contributed by atoms with Crippen molar-refractivity contribution in [2.24, 2.45) is 11.8 Å². The first-order valence-corrected chi connectivity index (χ1v) is 5.56. The predicted octanol–water partition coefficient (Wildman–Crippen LogP) is 2.63. The average Bonchev–Trinajstić information content (AvgIpc) is 2.95. The Morgan fingerprint density at radius 1 is 1.40 bits per heavy atom. The van der Waals surface area contributed by atoms with Gasteiger partial charge in [0.25, 0.3) is 0 Å². The Labute approximate surface area is 88.4 Å². The van der Waals surface area contributed by atoms with Crippen molar-refractivity contribution in [3.05, 3.63) is 24.2 Å². The van der Waals surface area contributed by atoms with E-state index in [4.69, 9.17) is 9.15 Å². The normalized spacial score (nSPS) is 33.2. The fourth-order valence-corrected chi connectivity index (χ4v) is 2.92. The fraction of sp³-hybridized carbons (Fsp3) is 0.583. The van der Waals surface area contributed by atoms with Crippen molar-refractivity contribution < 1.29 is 13.9 Å². The van der Waals surface area contributed by atoms with Crippen molar-refractivity contribution in [3.63, 3.8) is 0 Å². The first kappa shape index (κ1) is 9.01. The molecular formula is C12H14O3. The Hall–Kier alpha value is -1.25. The second-order valence-corrected chi connectivity index (χ2v) is 4.63. The summed E-state index contributed by atoms with van der Waals surface area (Å²) in [7, 11) is 0. The lowest BCUT2D eigenvalue weighted by molar-refractivity contribution is 0.0158. The molecule has 0 aromatic carbocycles. The highest BCUT2D eigenvalue weighted by atomic mass is 16.5. The number of hydrogen-bond donors (Lipinski definition) is 0. The van der Waals surface area contributed by atoms with E-state index in [-0.39, 0.29) is 12.1 Å². The van der Waals surface area contributed by atoms with Crippen LogP contribution < -0.4 is 0 Å². The molecule has 0 saturated heterocycles. The van der Waals surface area contributed by atoms with Crippen LogP contribution in [0.1, 0.15) is 36.0 Å². The summed E-state index contributed by atoms with van der Waals surface area (Å²) in [5, 5.41) is 0. The van der Waals surface area contributed by atoms with Crippen LogP contribution in [0.4, 0.5) is 0 Å². The van der Waals surface area contributed by atoms with Gasteiger partial charge in [0.1, 0.15) is 12.4 Å². The van der Waals surface area contributed by atoms with Crippen LogP contribution in [0.3, 0.4) is 0 Å². The first-order valence-electron chi connectivity index (χ1n) is 5.56. The molecular weight excluding hydrogens is 192 g/mol. The van der Waals surface area contributed by atoms with Crippen molar-refractivity contribution in [2.75, 3.05) is 0 Å². The Morgan fingerprint density at radius 2 is 2.33 bits per heavy atom. The molecule has 0 spiro atoms. The molecule has 0 amide bonds. The van der Waals surface area contributed by atoms with Gasteiger partial charge in [-0.2, -0.15) is 0 Å². The molecule has 3 nitrogen and oxygen atoms in total. The molecule has 0 N–H and O–H groups in total. The number of furan rings is 1. The third kappa shape index (κ3) is 1.56.